The molecule has 178 valence electrons. The Morgan fingerprint density at radius 1 is 1.09 bits per heavy atom. The maximum Gasteiger partial charge on any atom is 0.341 e. The van der Waals surface area contributed by atoms with Crippen LogP contribution in [-0.2, 0) is 27.6 Å². The molecule has 9 heteroatoms. The fraction of sp³-hybridized carbons (Fsp3) is 0.280. The number of hydrogen-bond donors (Lipinski definition) is 2. The lowest BCUT2D eigenvalue weighted by molar-refractivity contribution is 0.0527. The maximum absolute atomic E-state index is 13.1. The molecule has 0 spiro atoms. The highest BCUT2D eigenvalue weighted by Crippen LogP contribution is 2.39. The third kappa shape index (κ3) is 4.85. The van der Waals surface area contributed by atoms with Gasteiger partial charge in [0.15, 0.2) is 0 Å². The Balaban J connectivity index is 1.62. The van der Waals surface area contributed by atoms with E-state index in [0.717, 1.165) is 35.3 Å². The molecule has 0 saturated carbocycles. The Hall–Kier alpha value is -3.17. The number of anilines is 2. The predicted molar refractivity (Wildman–Crippen MR) is 133 cm³/mol. The molecule has 3 aromatic rings. The number of ether oxygens (including phenoxy) is 1. The standard InChI is InChI=1S/C25H26N2O5S2/c1-4-32-25(29)22-19-9-6-10-20(19)33-24(22)26-23(28)17-12-11-16(3)21(14-17)34(30,31)27-18-8-5-7-15(2)13-18/h5,7-8,11-14,27H,4,6,9-10H2,1-3H3,(H,26,28). The smallest absolute Gasteiger partial charge is 0.341 e. The monoisotopic (exact) mass is 498 g/mol. The van der Waals surface area contributed by atoms with Gasteiger partial charge in [0.2, 0.25) is 0 Å². The van der Waals surface area contributed by atoms with Crippen LogP contribution in [0.5, 0.6) is 0 Å². The second kappa shape index (κ2) is 9.60. The number of rotatable bonds is 7. The summed E-state index contributed by atoms with van der Waals surface area (Å²) in [6, 6.07) is 11.6. The molecule has 1 amide bonds. The van der Waals surface area contributed by atoms with Gasteiger partial charge < -0.3 is 10.1 Å². The lowest BCUT2D eigenvalue weighted by Gasteiger charge is -2.13. The molecular weight excluding hydrogens is 472 g/mol. The van der Waals surface area contributed by atoms with E-state index < -0.39 is 21.9 Å². The van der Waals surface area contributed by atoms with Gasteiger partial charge in [-0.2, -0.15) is 0 Å². The first-order valence-electron chi connectivity index (χ1n) is 11.0. The second-order valence-corrected chi connectivity index (χ2v) is 10.9. The molecular formula is C25H26N2O5S2. The van der Waals surface area contributed by atoms with Crippen molar-refractivity contribution in [1.82, 2.24) is 0 Å². The van der Waals surface area contributed by atoms with Crippen molar-refractivity contribution in [2.75, 3.05) is 16.6 Å². The van der Waals surface area contributed by atoms with Gasteiger partial charge in [0.05, 0.1) is 17.1 Å². The number of thiophene rings is 1. The number of fused-ring (bicyclic) bond motifs is 1. The van der Waals surface area contributed by atoms with E-state index >= 15 is 0 Å². The van der Waals surface area contributed by atoms with Crippen LogP contribution in [0.1, 0.15) is 55.6 Å². The number of hydrogen-bond acceptors (Lipinski definition) is 6. The van der Waals surface area contributed by atoms with Crippen molar-refractivity contribution >= 4 is 43.9 Å². The number of benzene rings is 2. The van der Waals surface area contributed by atoms with Gasteiger partial charge in [-0.3, -0.25) is 9.52 Å². The minimum absolute atomic E-state index is 0.0148. The van der Waals surface area contributed by atoms with Gasteiger partial charge in [-0.15, -0.1) is 11.3 Å². The molecule has 2 aromatic carbocycles. The lowest BCUT2D eigenvalue weighted by atomic mass is 10.1. The van der Waals surface area contributed by atoms with Crippen molar-refractivity contribution in [3.8, 4) is 0 Å². The zero-order chi connectivity index (χ0) is 24.5. The molecule has 0 saturated heterocycles. The van der Waals surface area contributed by atoms with Crippen molar-refractivity contribution in [3.05, 3.63) is 75.2 Å². The number of carbonyl (C=O) groups is 2. The largest absolute Gasteiger partial charge is 0.462 e. The topological polar surface area (TPSA) is 102 Å². The minimum Gasteiger partial charge on any atom is -0.462 e. The Labute approximate surface area is 203 Å². The van der Waals surface area contributed by atoms with Gasteiger partial charge in [0.1, 0.15) is 5.00 Å². The summed E-state index contributed by atoms with van der Waals surface area (Å²) in [7, 11) is -3.92. The molecule has 0 fully saturated rings. The van der Waals surface area contributed by atoms with E-state index in [1.807, 2.05) is 13.0 Å². The van der Waals surface area contributed by atoms with Crippen LogP contribution in [0.15, 0.2) is 47.4 Å². The van der Waals surface area contributed by atoms with Crippen molar-refractivity contribution < 1.29 is 22.7 Å². The molecule has 1 aliphatic rings. The zero-order valence-electron chi connectivity index (χ0n) is 19.2. The van der Waals surface area contributed by atoms with Crippen LogP contribution in [0.2, 0.25) is 0 Å². The fourth-order valence-electron chi connectivity index (χ4n) is 4.04. The molecule has 0 atom stereocenters. The average molecular weight is 499 g/mol. The van der Waals surface area contributed by atoms with Crippen LogP contribution in [0, 0.1) is 13.8 Å². The zero-order valence-corrected chi connectivity index (χ0v) is 20.9. The van der Waals surface area contributed by atoms with Crippen molar-refractivity contribution in [3.63, 3.8) is 0 Å². The lowest BCUT2D eigenvalue weighted by Crippen LogP contribution is -2.18. The first kappa shape index (κ1) is 24.0. The van der Waals surface area contributed by atoms with Crippen molar-refractivity contribution in [1.29, 1.82) is 0 Å². The van der Waals surface area contributed by atoms with E-state index in [1.165, 1.54) is 17.4 Å². The molecule has 0 aliphatic heterocycles. The molecule has 1 aliphatic carbocycles. The summed E-state index contributed by atoms with van der Waals surface area (Å²) in [5, 5.41) is 3.26. The van der Waals surface area contributed by atoms with Gasteiger partial charge in [-0.05, 0) is 81.0 Å². The van der Waals surface area contributed by atoms with Crippen molar-refractivity contribution in [2.24, 2.45) is 0 Å². The summed E-state index contributed by atoms with van der Waals surface area (Å²) < 4.78 is 33.9. The number of amides is 1. The van der Waals surface area contributed by atoms with Crippen LogP contribution in [0.3, 0.4) is 0 Å². The van der Waals surface area contributed by atoms with Gasteiger partial charge in [0.25, 0.3) is 15.9 Å². The number of carbonyl (C=O) groups excluding carboxylic acids is 2. The highest BCUT2D eigenvalue weighted by Gasteiger charge is 2.29. The third-order valence-corrected chi connectivity index (χ3v) is 8.37. The normalized spacial score (nSPS) is 12.8. The second-order valence-electron chi connectivity index (χ2n) is 8.19. The number of esters is 1. The van der Waals surface area contributed by atoms with Gasteiger partial charge in [-0.25, -0.2) is 13.2 Å². The van der Waals surface area contributed by atoms with E-state index in [2.05, 4.69) is 10.0 Å². The summed E-state index contributed by atoms with van der Waals surface area (Å²) in [5.74, 6) is -0.941. The Bertz CT molecular complexity index is 1380. The van der Waals surface area contributed by atoms with Crippen LogP contribution >= 0.6 is 11.3 Å². The number of aryl methyl sites for hydroxylation is 3. The first-order valence-corrected chi connectivity index (χ1v) is 13.3. The minimum atomic E-state index is -3.92. The van der Waals surface area contributed by atoms with Gasteiger partial charge >= 0.3 is 5.97 Å². The third-order valence-electron chi connectivity index (χ3n) is 5.64. The molecule has 1 aromatic heterocycles. The molecule has 34 heavy (non-hydrogen) atoms. The number of nitrogens with one attached hydrogen (secondary N) is 2. The highest BCUT2D eigenvalue weighted by molar-refractivity contribution is 7.92. The van der Waals surface area contributed by atoms with E-state index in [1.54, 1.807) is 44.2 Å². The molecule has 4 rings (SSSR count). The van der Waals surface area contributed by atoms with Crippen LogP contribution in [-0.4, -0.2) is 26.9 Å². The molecule has 0 unspecified atom stereocenters. The van der Waals surface area contributed by atoms with Gasteiger partial charge in [0, 0.05) is 16.1 Å². The Morgan fingerprint density at radius 3 is 2.62 bits per heavy atom. The van der Waals surface area contributed by atoms with E-state index in [4.69, 9.17) is 4.74 Å². The van der Waals surface area contributed by atoms with E-state index in [-0.39, 0.29) is 17.1 Å². The number of sulfonamides is 1. The van der Waals surface area contributed by atoms with Crippen LogP contribution in [0.25, 0.3) is 0 Å². The summed E-state index contributed by atoms with van der Waals surface area (Å²) in [6.07, 6.45) is 2.60. The molecule has 1 heterocycles. The summed E-state index contributed by atoms with van der Waals surface area (Å²) in [4.78, 5) is 26.8. The van der Waals surface area contributed by atoms with Crippen LogP contribution < -0.4 is 10.0 Å². The highest BCUT2D eigenvalue weighted by atomic mass is 32.2. The van der Waals surface area contributed by atoms with Crippen molar-refractivity contribution in [2.45, 2.75) is 44.9 Å². The maximum atomic E-state index is 13.1. The molecule has 7 nitrogen and oxygen atoms in total. The molecule has 0 bridgehead atoms. The SMILES string of the molecule is CCOC(=O)c1c(NC(=O)c2ccc(C)c(S(=O)(=O)Nc3cccc(C)c3)c2)sc2c1CCC2. The summed E-state index contributed by atoms with van der Waals surface area (Å²) in [6.45, 7) is 5.53. The first-order chi connectivity index (χ1) is 16.2. The average Bonchev–Trinajstić information content (AvgIpc) is 3.34. The predicted octanol–water partition coefficient (Wildman–Crippen LogP) is 5.08. The summed E-state index contributed by atoms with van der Waals surface area (Å²) in [5.41, 5.74) is 3.41. The molecule has 2 N–H and O–H groups in total. The summed E-state index contributed by atoms with van der Waals surface area (Å²) >= 11 is 1.38. The van der Waals surface area contributed by atoms with Crippen LogP contribution in [0.4, 0.5) is 10.7 Å². The Morgan fingerprint density at radius 2 is 1.88 bits per heavy atom. The Kier molecular flexibility index (Phi) is 6.77. The van der Waals surface area contributed by atoms with E-state index in [0.29, 0.717) is 21.8 Å². The fourth-order valence-corrected chi connectivity index (χ4v) is 6.63. The molecule has 0 radical (unpaired) electrons. The van der Waals surface area contributed by atoms with Gasteiger partial charge in [-0.1, -0.05) is 18.2 Å². The quantitative estimate of drug-likeness (QED) is 0.442. The van der Waals surface area contributed by atoms with E-state index in [9.17, 15) is 18.0 Å².